The number of aromatic nitrogens is 1. The molecule has 2 aromatic rings. The molecule has 0 radical (unpaired) electrons. The standard InChI is InChI=1S/C22H26N2O8/c1-22(2,3)31-12-17(21(28)29-4)24-20(27)14-8-9-18(23-11-14)32-16-7-5-6-15(10-16)30-13-19(25)26/h5-11,17H,12-13H2,1-4H3,(H,24,27)(H,25,26)/t17-/m0/s1. The third-order valence-corrected chi connectivity index (χ3v) is 3.86. The Bertz CT molecular complexity index is 938. The normalized spacial score (nSPS) is 11.9. The van der Waals surface area contributed by atoms with Crippen LogP contribution in [0.3, 0.4) is 0 Å². The second-order valence-corrected chi connectivity index (χ2v) is 7.62. The van der Waals surface area contributed by atoms with E-state index < -0.39 is 36.1 Å². The van der Waals surface area contributed by atoms with Crippen LogP contribution in [0.25, 0.3) is 0 Å². The first-order chi connectivity index (χ1) is 15.1. The van der Waals surface area contributed by atoms with Gasteiger partial charge in [-0.2, -0.15) is 0 Å². The van der Waals surface area contributed by atoms with E-state index in [2.05, 4.69) is 10.3 Å². The number of methoxy groups -OCH3 is 1. The van der Waals surface area contributed by atoms with Crippen molar-refractivity contribution in [2.75, 3.05) is 20.3 Å². The van der Waals surface area contributed by atoms with Gasteiger partial charge >= 0.3 is 11.9 Å². The maximum absolute atomic E-state index is 12.5. The predicted molar refractivity (Wildman–Crippen MR) is 113 cm³/mol. The van der Waals surface area contributed by atoms with Gasteiger partial charge in [-0.15, -0.1) is 0 Å². The van der Waals surface area contributed by atoms with Crippen molar-refractivity contribution in [2.24, 2.45) is 0 Å². The van der Waals surface area contributed by atoms with E-state index in [-0.39, 0.29) is 18.1 Å². The van der Waals surface area contributed by atoms with E-state index in [1.807, 2.05) is 20.8 Å². The van der Waals surface area contributed by atoms with Crippen molar-refractivity contribution in [3.63, 3.8) is 0 Å². The summed E-state index contributed by atoms with van der Waals surface area (Å²) in [6.45, 7) is 4.98. The van der Waals surface area contributed by atoms with Crippen LogP contribution >= 0.6 is 0 Å². The Hall–Kier alpha value is -3.66. The van der Waals surface area contributed by atoms with Crippen molar-refractivity contribution in [3.8, 4) is 17.4 Å². The zero-order chi connectivity index (χ0) is 23.7. The summed E-state index contributed by atoms with van der Waals surface area (Å²) in [7, 11) is 1.23. The molecule has 2 N–H and O–H groups in total. The Morgan fingerprint density at radius 3 is 2.44 bits per heavy atom. The first kappa shape index (κ1) is 24.6. The molecular weight excluding hydrogens is 420 g/mol. The summed E-state index contributed by atoms with van der Waals surface area (Å²) in [5.74, 6) is -1.33. The molecule has 0 saturated carbocycles. The molecule has 1 aromatic heterocycles. The van der Waals surface area contributed by atoms with E-state index in [1.165, 1.54) is 31.5 Å². The summed E-state index contributed by atoms with van der Waals surface area (Å²) >= 11 is 0. The van der Waals surface area contributed by atoms with Crippen molar-refractivity contribution in [3.05, 3.63) is 48.2 Å². The highest BCUT2D eigenvalue weighted by molar-refractivity contribution is 5.96. The lowest BCUT2D eigenvalue weighted by Gasteiger charge is -2.23. The number of amides is 1. The molecule has 0 bridgehead atoms. The number of pyridine rings is 1. The number of rotatable bonds is 10. The highest BCUT2D eigenvalue weighted by atomic mass is 16.5. The van der Waals surface area contributed by atoms with Crippen LogP contribution in [0.4, 0.5) is 0 Å². The summed E-state index contributed by atoms with van der Waals surface area (Å²) in [4.78, 5) is 39.2. The molecule has 10 heteroatoms. The number of nitrogens with one attached hydrogen (secondary N) is 1. The van der Waals surface area contributed by atoms with E-state index in [0.717, 1.165) is 0 Å². The van der Waals surface area contributed by atoms with Crippen molar-refractivity contribution in [1.82, 2.24) is 10.3 Å². The van der Waals surface area contributed by atoms with E-state index >= 15 is 0 Å². The lowest BCUT2D eigenvalue weighted by atomic mass is 10.2. The Morgan fingerprint density at radius 2 is 1.84 bits per heavy atom. The number of aliphatic carboxylic acids is 1. The van der Waals surface area contributed by atoms with Crippen molar-refractivity contribution in [2.45, 2.75) is 32.4 Å². The zero-order valence-corrected chi connectivity index (χ0v) is 18.3. The Morgan fingerprint density at radius 1 is 1.12 bits per heavy atom. The molecule has 1 heterocycles. The highest BCUT2D eigenvalue weighted by Gasteiger charge is 2.25. The fourth-order valence-corrected chi connectivity index (χ4v) is 2.35. The number of carboxylic acids is 1. The van der Waals surface area contributed by atoms with Crippen LogP contribution < -0.4 is 14.8 Å². The molecule has 1 aromatic carbocycles. The molecule has 0 aliphatic heterocycles. The second kappa shape index (κ2) is 11.1. The topological polar surface area (TPSA) is 133 Å². The fourth-order valence-electron chi connectivity index (χ4n) is 2.35. The molecular formula is C22H26N2O8. The number of benzene rings is 1. The SMILES string of the molecule is COC(=O)[C@H](COC(C)(C)C)NC(=O)c1ccc(Oc2cccc(OCC(=O)O)c2)nc1. The van der Waals surface area contributed by atoms with Gasteiger partial charge in [0.2, 0.25) is 5.88 Å². The lowest BCUT2D eigenvalue weighted by Crippen LogP contribution is -2.46. The molecule has 0 unspecified atom stereocenters. The molecule has 0 fully saturated rings. The molecule has 0 aliphatic rings. The van der Waals surface area contributed by atoms with Crippen LogP contribution in [0.5, 0.6) is 17.4 Å². The van der Waals surface area contributed by atoms with Crippen molar-refractivity contribution in [1.29, 1.82) is 0 Å². The van der Waals surface area contributed by atoms with Gasteiger partial charge in [-0.3, -0.25) is 4.79 Å². The third kappa shape index (κ3) is 8.23. The summed E-state index contributed by atoms with van der Waals surface area (Å²) in [5.41, 5.74) is -0.284. The van der Waals surface area contributed by atoms with Crippen LogP contribution in [0, 0.1) is 0 Å². The van der Waals surface area contributed by atoms with Crippen LogP contribution in [0.2, 0.25) is 0 Å². The average molecular weight is 446 g/mol. The summed E-state index contributed by atoms with van der Waals surface area (Å²) < 4.78 is 21.0. The molecule has 1 amide bonds. The van der Waals surface area contributed by atoms with Gasteiger partial charge in [0.25, 0.3) is 5.91 Å². The monoisotopic (exact) mass is 446 g/mol. The number of carbonyl (C=O) groups excluding carboxylic acids is 2. The molecule has 1 atom stereocenters. The quantitative estimate of drug-likeness (QED) is 0.528. The number of esters is 1. The molecule has 172 valence electrons. The van der Waals surface area contributed by atoms with Gasteiger partial charge in [-0.1, -0.05) is 6.07 Å². The van der Waals surface area contributed by atoms with E-state index in [9.17, 15) is 14.4 Å². The fraction of sp³-hybridized carbons (Fsp3) is 0.364. The number of carboxylic acid groups (broad SMARTS) is 1. The average Bonchev–Trinajstić information content (AvgIpc) is 2.74. The first-order valence-corrected chi connectivity index (χ1v) is 9.68. The maximum Gasteiger partial charge on any atom is 0.341 e. The molecule has 0 saturated heterocycles. The number of hydrogen-bond acceptors (Lipinski definition) is 8. The van der Waals surface area contributed by atoms with Crippen molar-refractivity contribution >= 4 is 17.8 Å². The van der Waals surface area contributed by atoms with Gasteiger partial charge in [0, 0.05) is 18.3 Å². The van der Waals surface area contributed by atoms with Gasteiger partial charge in [0.1, 0.15) is 11.5 Å². The zero-order valence-electron chi connectivity index (χ0n) is 18.3. The number of ether oxygens (including phenoxy) is 4. The van der Waals surface area contributed by atoms with Gasteiger partial charge in [-0.05, 0) is 39.0 Å². The van der Waals surface area contributed by atoms with Gasteiger partial charge in [-0.25, -0.2) is 14.6 Å². The second-order valence-electron chi connectivity index (χ2n) is 7.62. The van der Waals surface area contributed by atoms with Gasteiger partial charge in [0.05, 0.1) is 24.9 Å². The molecule has 10 nitrogen and oxygen atoms in total. The maximum atomic E-state index is 12.5. The number of nitrogens with zero attached hydrogens (tertiary/aromatic N) is 1. The van der Waals surface area contributed by atoms with Crippen molar-refractivity contribution < 1.29 is 38.4 Å². The Balaban J connectivity index is 2.01. The van der Waals surface area contributed by atoms with Crippen LogP contribution in [-0.2, 0) is 19.1 Å². The van der Waals surface area contributed by atoms with Crippen LogP contribution in [-0.4, -0.2) is 59.9 Å². The summed E-state index contributed by atoms with van der Waals surface area (Å²) in [5, 5.41) is 11.3. The Kier molecular flexibility index (Phi) is 8.54. The first-order valence-electron chi connectivity index (χ1n) is 9.68. The van der Waals surface area contributed by atoms with Gasteiger partial charge < -0.3 is 29.4 Å². The summed E-state index contributed by atoms with van der Waals surface area (Å²) in [6, 6.07) is 8.39. The minimum atomic E-state index is -1.09. The van der Waals surface area contributed by atoms with Crippen LogP contribution in [0.15, 0.2) is 42.6 Å². The van der Waals surface area contributed by atoms with Gasteiger partial charge in [0.15, 0.2) is 12.6 Å². The van der Waals surface area contributed by atoms with E-state index in [1.54, 1.807) is 18.2 Å². The smallest absolute Gasteiger partial charge is 0.341 e. The largest absolute Gasteiger partial charge is 0.482 e. The minimum Gasteiger partial charge on any atom is -0.482 e. The molecule has 0 aliphatic carbocycles. The van der Waals surface area contributed by atoms with E-state index in [0.29, 0.717) is 11.5 Å². The third-order valence-electron chi connectivity index (χ3n) is 3.86. The lowest BCUT2D eigenvalue weighted by molar-refractivity contribution is -0.146. The summed E-state index contributed by atoms with van der Waals surface area (Å²) in [6.07, 6.45) is 1.30. The highest BCUT2D eigenvalue weighted by Crippen LogP contribution is 2.24. The molecule has 0 spiro atoms. The van der Waals surface area contributed by atoms with E-state index in [4.69, 9.17) is 24.1 Å². The number of carbonyl (C=O) groups is 3. The number of hydrogen-bond donors (Lipinski definition) is 2. The van der Waals surface area contributed by atoms with Crippen LogP contribution in [0.1, 0.15) is 31.1 Å². The minimum absolute atomic E-state index is 0.0448. The Labute approximate surface area is 185 Å². The predicted octanol–water partition coefficient (Wildman–Crippen LogP) is 2.42. The molecule has 2 rings (SSSR count). The molecule has 32 heavy (non-hydrogen) atoms.